The minimum absolute atomic E-state index is 0. The van der Waals surface area contributed by atoms with Gasteiger partial charge in [-0.05, 0) is 0 Å². The smallest absolute Gasteiger partial charge is 2.00 e. The molecule has 0 nitrogen and oxygen atoms in total. The molecule has 8 heavy (non-hydrogen) atoms. The summed E-state index contributed by atoms with van der Waals surface area (Å²) in [5, 5.41) is 0. The molecule has 1 radical (unpaired) electrons. The molecular weight excluding hydrogens is 596 g/mol. The molecule has 0 aliphatic heterocycles. The molecule has 0 aromatic rings. The number of hydrogen-bond acceptors (Lipinski definition) is 0. The molecule has 0 spiro atoms. The standard InChI is InChI=1S/Cu.Ga.In.H2S.4Se/h;;;1H2;;;;/q+2;2*+3;;4*-2. The first-order chi connectivity index (χ1) is 0. The summed E-state index contributed by atoms with van der Waals surface area (Å²) in [4.78, 5) is 0. The first-order valence-corrected chi connectivity index (χ1v) is 0. The molecule has 0 saturated heterocycles. The summed E-state index contributed by atoms with van der Waals surface area (Å²) in [6, 6.07) is 0. The summed E-state index contributed by atoms with van der Waals surface area (Å²) in [6.07, 6.45) is 0. The fraction of sp³-hybridized carbons (Fsp3) is 0. The van der Waals surface area contributed by atoms with E-state index in [9.17, 15) is 0 Å². The van der Waals surface area contributed by atoms with E-state index in [1.165, 1.54) is 0 Å². The van der Waals surface area contributed by atoms with Crippen LogP contribution in [0.4, 0.5) is 0 Å². The van der Waals surface area contributed by atoms with Crippen LogP contribution in [0.1, 0.15) is 0 Å². The molecule has 0 rings (SSSR count). The van der Waals surface area contributed by atoms with Crippen LogP contribution in [0.5, 0.6) is 0 Å². The van der Waals surface area contributed by atoms with Gasteiger partial charge in [0, 0.05) is 0 Å². The Morgan fingerprint density at radius 3 is 0.625 bits per heavy atom. The third kappa shape index (κ3) is 47.1. The molecule has 0 bridgehead atoms. The first kappa shape index (κ1) is 82.4. The zero-order valence-corrected chi connectivity index (χ0v) is 18.1. The first-order valence-electron chi connectivity index (χ1n) is 0. The Kier molecular flexibility index (Phi) is 650. The Morgan fingerprint density at radius 1 is 0.625 bits per heavy atom. The van der Waals surface area contributed by atoms with Gasteiger partial charge in [-0.3, -0.25) is 0 Å². The van der Waals surface area contributed by atoms with Crippen LogP contribution < -0.4 is 0 Å². The van der Waals surface area contributed by atoms with Gasteiger partial charge in [0.1, 0.15) is 0 Å². The Labute approximate surface area is 142 Å². The molecule has 0 saturated carbocycles. The Balaban J connectivity index is 0. The summed E-state index contributed by atoms with van der Waals surface area (Å²) in [7, 11) is 0. The Morgan fingerprint density at radius 2 is 0.625 bits per heavy atom. The molecule has 0 aromatic heterocycles. The predicted molar refractivity (Wildman–Crippen MR) is 44.9 cm³/mol. The van der Waals surface area contributed by atoms with Crippen molar-refractivity contribution in [3.63, 3.8) is 0 Å². The summed E-state index contributed by atoms with van der Waals surface area (Å²) in [6.45, 7) is 0. The van der Waals surface area contributed by atoms with Gasteiger partial charge >= 0.3 is 62.7 Å². The Hall–Kier alpha value is 4.45. The van der Waals surface area contributed by atoms with E-state index in [2.05, 4.69) is 0 Å². The minimum atomic E-state index is 0. The summed E-state index contributed by atoms with van der Waals surface area (Å²) >= 11 is 0. The van der Waals surface area contributed by atoms with Crippen LogP contribution in [0.2, 0.25) is 0 Å². The molecule has 0 aliphatic carbocycles. The molecule has 0 atom stereocenters. The minimum Gasteiger partial charge on any atom is -2.00 e. The Bertz CT molecular complexity index is 16.0. The monoisotopic (exact) mass is 600 g/mol. The molecule has 0 amide bonds. The fourth-order valence-corrected chi connectivity index (χ4v) is 0. The van der Waals surface area contributed by atoms with Crippen molar-refractivity contribution in [2.24, 2.45) is 0 Å². The van der Waals surface area contributed by atoms with Crippen molar-refractivity contribution in [1.29, 1.82) is 0 Å². The predicted octanol–water partition coefficient (Wildman–Crippen LogP) is -2.17. The van der Waals surface area contributed by atoms with Gasteiger partial charge in [0.15, 0.2) is 0 Å². The molecule has 0 fully saturated rings. The normalized spacial score (nSPS) is 0. The van der Waals surface area contributed by atoms with E-state index in [1.807, 2.05) is 0 Å². The maximum Gasteiger partial charge on any atom is 3.00 e. The number of hydrogen-bond donors (Lipinski definition) is 0. The molecule has 0 N–H and O–H groups in total. The third-order valence-electron chi connectivity index (χ3n) is 0. The second-order valence-corrected chi connectivity index (χ2v) is 0. The van der Waals surface area contributed by atoms with Gasteiger partial charge < -0.3 is 68.3 Å². The van der Waals surface area contributed by atoms with Gasteiger partial charge in [-0.1, -0.05) is 0 Å². The quantitative estimate of drug-likeness (QED) is 0.279. The van der Waals surface area contributed by atoms with E-state index >= 15 is 0 Å². The van der Waals surface area contributed by atoms with E-state index in [1.54, 1.807) is 0 Å². The maximum atomic E-state index is 0. The van der Waals surface area contributed by atoms with Crippen molar-refractivity contribution in [2.45, 2.75) is 0 Å². The van der Waals surface area contributed by atoms with Gasteiger partial charge in [-0.2, -0.15) is 13.5 Å². The second kappa shape index (κ2) is 63.1. The van der Waals surface area contributed by atoms with Crippen molar-refractivity contribution in [2.75, 3.05) is 0 Å². The number of rotatable bonds is 0. The van der Waals surface area contributed by atoms with Crippen molar-refractivity contribution in [1.82, 2.24) is 0 Å². The summed E-state index contributed by atoms with van der Waals surface area (Å²) < 4.78 is 0. The van der Waals surface area contributed by atoms with Crippen LogP contribution in [-0.2, 0) is 17.1 Å². The molecule has 0 aliphatic rings. The van der Waals surface area contributed by atoms with E-state index in [0.29, 0.717) is 0 Å². The molecule has 49 valence electrons. The van der Waals surface area contributed by atoms with Gasteiger partial charge in [-0.15, -0.1) is 0 Å². The molecule has 0 heterocycles. The van der Waals surface area contributed by atoms with Crippen LogP contribution in [0.3, 0.4) is 0 Å². The van der Waals surface area contributed by atoms with Gasteiger partial charge in [0.25, 0.3) is 0 Å². The van der Waals surface area contributed by atoms with E-state index < -0.39 is 0 Å². The SMILES string of the molecule is S.[Cu+2].[Ga+3].[In+3].[Se-2].[Se-2].[Se-2].[Se-2]. The molecule has 8 heteroatoms. The van der Waals surface area contributed by atoms with Crippen LogP contribution in [0.25, 0.3) is 0 Å². The van der Waals surface area contributed by atoms with Crippen LogP contribution in [-0.4, -0.2) is 114 Å². The van der Waals surface area contributed by atoms with E-state index in [-0.39, 0.29) is 144 Å². The van der Waals surface area contributed by atoms with Crippen LogP contribution in [0.15, 0.2) is 0 Å². The van der Waals surface area contributed by atoms with Gasteiger partial charge in [0.2, 0.25) is 0 Å². The zero-order chi connectivity index (χ0) is 0. The van der Waals surface area contributed by atoms with Gasteiger partial charge in [-0.25, -0.2) is 0 Å². The zero-order valence-electron chi connectivity index (χ0n) is 3.59. The largest absolute Gasteiger partial charge is 3.00 e. The second-order valence-electron chi connectivity index (χ2n) is 0. The van der Waals surface area contributed by atoms with Crippen molar-refractivity contribution in [3.8, 4) is 0 Å². The fourth-order valence-electron chi connectivity index (χ4n) is 0. The topological polar surface area (TPSA) is 0 Å². The average Bonchev–Trinajstić information content (AvgIpc) is 0. The van der Waals surface area contributed by atoms with E-state index in [4.69, 9.17) is 0 Å². The molecule has 0 aromatic carbocycles. The van der Waals surface area contributed by atoms with Crippen molar-refractivity contribution in [3.05, 3.63) is 0 Å². The average molecular weight is 598 g/mol. The van der Waals surface area contributed by atoms with Crippen LogP contribution in [0, 0.1) is 0 Å². The summed E-state index contributed by atoms with van der Waals surface area (Å²) in [5.41, 5.74) is 0. The van der Waals surface area contributed by atoms with Crippen LogP contribution >= 0.6 is 13.5 Å². The molecular formula is H2CuGaInSSe4. The molecule has 0 unspecified atom stereocenters. The third-order valence-corrected chi connectivity index (χ3v) is 0. The van der Waals surface area contributed by atoms with Crippen molar-refractivity contribution >= 4 is 127 Å². The van der Waals surface area contributed by atoms with Gasteiger partial charge in [0.05, 0.1) is 0 Å². The summed E-state index contributed by atoms with van der Waals surface area (Å²) in [5.74, 6) is 0. The van der Waals surface area contributed by atoms with E-state index in [0.717, 1.165) is 0 Å². The van der Waals surface area contributed by atoms with Crippen molar-refractivity contribution < 1.29 is 17.1 Å². The maximum absolute atomic E-state index is 0.